The first-order valence-electron chi connectivity index (χ1n) is 11.0. The molecule has 1 aliphatic rings. The zero-order valence-corrected chi connectivity index (χ0v) is 22.6. The summed E-state index contributed by atoms with van der Waals surface area (Å²) in [7, 11) is 0. The third-order valence-corrected chi connectivity index (χ3v) is 6.46. The Bertz CT molecular complexity index is 998. The normalized spacial score (nSPS) is 18.2. The van der Waals surface area contributed by atoms with Crippen molar-refractivity contribution in [3.05, 3.63) is 61.9 Å². The number of ether oxygens (including phenoxy) is 2. The molecule has 1 unspecified atom stereocenters. The van der Waals surface area contributed by atoms with Gasteiger partial charge in [-0.3, -0.25) is 4.90 Å². The molecule has 1 saturated heterocycles. The molecule has 0 radical (unpaired) electrons. The fourth-order valence-electron chi connectivity index (χ4n) is 3.77. The first-order chi connectivity index (χ1) is 15.4. The van der Waals surface area contributed by atoms with Gasteiger partial charge in [-0.15, -0.1) is 0 Å². The summed E-state index contributed by atoms with van der Waals surface area (Å²) in [6, 6.07) is 10.8. The predicted molar refractivity (Wildman–Crippen MR) is 138 cm³/mol. The van der Waals surface area contributed by atoms with Crippen LogP contribution in [0.3, 0.4) is 0 Å². The monoisotopic (exact) mass is 588 g/mol. The second kappa shape index (κ2) is 10.8. The fourth-order valence-corrected chi connectivity index (χ4v) is 4.67. The van der Waals surface area contributed by atoms with Gasteiger partial charge in [-0.25, -0.2) is 9.18 Å². The van der Waals surface area contributed by atoms with Gasteiger partial charge in [0.1, 0.15) is 23.3 Å². The highest BCUT2D eigenvalue weighted by molar-refractivity contribution is 14.1. The molecule has 0 aromatic heterocycles. The number of piperazine rings is 1. The van der Waals surface area contributed by atoms with Crippen LogP contribution in [0, 0.1) is 16.3 Å². The number of carbonyl (C=O) groups excluding carboxylic acids is 1. The molecule has 2 atom stereocenters. The molecule has 0 N–H and O–H groups in total. The minimum Gasteiger partial charge on any atom is -0.483 e. The molecule has 1 fully saturated rings. The van der Waals surface area contributed by atoms with E-state index in [4.69, 9.17) is 21.1 Å². The summed E-state index contributed by atoms with van der Waals surface area (Å²) >= 11 is 8.61. The Morgan fingerprint density at radius 2 is 1.97 bits per heavy atom. The van der Waals surface area contributed by atoms with Crippen molar-refractivity contribution in [2.45, 2.75) is 52.4 Å². The van der Waals surface area contributed by atoms with E-state index >= 15 is 0 Å². The first-order valence-corrected chi connectivity index (χ1v) is 12.5. The minimum absolute atomic E-state index is 0.0223. The van der Waals surface area contributed by atoms with E-state index in [0.29, 0.717) is 42.5 Å². The maximum absolute atomic E-state index is 14.4. The lowest BCUT2D eigenvalue weighted by Gasteiger charge is -2.41. The molecular formula is C25H31ClFIN2O3. The Kier molecular flexibility index (Phi) is 8.50. The summed E-state index contributed by atoms with van der Waals surface area (Å²) in [5, 5.41) is 0.516. The minimum atomic E-state index is -0.533. The van der Waals surface area contributed by atoms with Crippen LogP contribution in [0.1, 0.15) is 44.9 Å². The van der Waals surface area contributed by atoms with Crippen LogP contribution < -0.4 is 4.74 Å². The molecule has 1 amide bonds. The van der Waals surface area contributed by atoms with E-state index in [1.165, 1.54) is 6.07 Å². The molecule has 1 aliphatic heterocycles. The van der Waals surface area contributed by atoms with E-state index in [0.717, 1.165) is 9.13 Å². The summed E-state index contributed by atoms with van der Waals surface area (Å²) in [6.07, 6.45) is -0.716. The molecule has 5 nitrogen and oxygen atoms in total. The van der Waals surface area contributed by atoms with Crippen molar-refractivity contribution in [3.8, 4) is 5.75 Å². The Morgan fingerprint density at radius 3 is 2.58 bits per heavy atom. The van der Waals surface area contributed by atoms with Gasteiger partial charge in [0.2, 0.25) is 0 Å². The van der Waals surface area contributed by atoms with E-state index in [-0.39, 0.29) is 18.0 Å². The molecular weight excluding hydrogens is 558 g/mol. The number of carbonyl (C=O) groups is 1. The van der Waals surface area contributed by atoms with Crippen molar-refractivity contribution < 1.29 is 18.7 Å². The van der Waals surface area contributed by atoms with Crippen LogP contribution in [0.25, 0.3) is 0 Å². The van der Waals surface area contributed by atoms with Gasteiger partial charge in [0.25, 0.3) is 0 Å². The largest absolute Gasteiger partial charge is 0.483 e. The topological polar surface area (TPSA) is 42.0 Å². The number of benzene rings is 2. The fraction of sp³-hybridized carbons (Fsp3) is 0.480. The molecule has 0 aliphatic carbocycles. The molecule has 0 saturated carbocycles. The number of nitrogens with zero attached hydrogens (tertiary/aromatic N) is 2. The third-order valence-electron chi connectivity index (χ3n) is 5.49. The molecule has 0 bridgehead atoms. The SMILES string of the molecule is Cc1ccc(C(CN2CCN(C(=O)OC(C)(C)C)[C@H](C)C2)Oc2ccc(I)cc2Cl)cc1F. The second-order valence-corrected chi connectivity index (χ2v) is 11.1. The highest BCUT2D eigenvalue weighted by Gasteiger charge is 2.32. The summed E-state index contributed by atoms with van der Waals surface area (Å²) < 4.78 is 27.2. The lowest BCUT2D eigenvalue weighted by molar-refractivity contribution is -0.00299. The smallest absolute Gasteiger partial charge is 0.410 e. The molecule has 8 heteroatoms. The third kappa shape index (κ3) is 7.20. The van der Waals surface area contributed by atoms with Gasteiger partial charge in [0.05, 0.1) is 5.02 Å². The van der Waals surface area contributed by atoms with Gasteiger partial charge < -0.3 is 14.4 Å². The van der Waals surface area contributed by atoms with Crippen LogP contribution in [0.15, 0.2) is 36.4 Å². The highest BCUT2D eigenvalue weighted by atomic mass is 127. The number of hydrogen-bond acceptors (Lipinski definition) is 4. The van der Waals surface area contributed by atoms with Gasteiger partial charge in [-0.1, -0.05) is 23.7 Å². The predicted octanol–water partition coefficient (Wildman–Crippen LogP) is 6.45. The number of halogens is 3. The second-order valence-electron chi connectivity index (χ2n) is 9.47. The molecule has 2 aromatic rings. The van der Waals surface area contributed by atoms with Crippen molar-refractivity contribution >= 4 is 40.3 Å². The molecule has 0 spiro atoms. The Morgan fingerprint density at radius 1 is 1.24 bits per heavy atom. The summed E-state index contributed by atoms with van der Waals surface area (Å²) in [5.74, 6) is 0.293. The van der Waals surface area contributed by atoms with Gasteiger partial charge in [-0.05, 0) is 92.6 Å². The lowest BCUT2D eigenvalue weighted by Crippen LogP contribution is -2.55. The Balaban J connectivity index is 1.76. The van der Waals surface area contributed by atoms with Crippen molar-refractivity contribution in [2.75, 3.05) is 26.2 Å². The van der Waals surface area contributed by atoms with E-state index in [1.807, 2.05) is 52.0 Å². The molecule has 2 aromatic carbocycles. The van der Waals surface area contributed by atoms with Crippen molar-refractivity contribution in [1.29, 1.82) is 0 Å². The average Bonchev–Trinajstić information content (AvgIpc) is 2.70. The van der Waals surface area contributed by atoms with Crippen molar-refractivity contribution in [2.24, 2.45) is 0 Å². The standard InChI is InChI=1S/C25H31ClFIN2O3/c1-16-6-7-18(12-21(16)27)23(32-22-9-8-19(28)13-20(22)26)15-29-10-11-30(17(2)14-29)24(31)33-25(3,4)5/h6-9,12-13,17,23H,10-11,14-15H2,1-5H3/t17-,23?/m1/s1. The maximum atomic E-state index is 14.4. The van der Waals surface area contributed by atoms with Gasteiger partial charge >= 0.3 is 6.09 Å². The van der Waals surface area contributed by atoms with Crippen LogP contribution in [-0.2, 0) is 4.74 Å². The van der Waals surface area contributed by atoms with Gasteiger partial charge in [-0.2, -0.15) is 0 Å². The average molecular weight is 589 g/mol. The van der Waals surface area contributed by atoms with E-state index < -0.39 is 11.7 Å². The first kappa shape index (κ1) is 26.0. The number of aryl methyl sites for hydroxylation is 1. The van der Waals surface area contributed by atoms with Crippen LogP contribution in [0.4, 0.5) is 9.18 Å². The van der Waals surface area contributed by atoms with Crippen molar-refractivity contribution in [3.63, 3.8) is 0 Å². The molecule has 1 heterocycles. The Hall–Kier alpha value is -1.58. The lowest BCUT2D eigenvalue weighted by atomic mass is 10.0. The number of amides is 1. The number of rotatable bonds is 5. The van der Waals surface area contributed by atoms with E-state index in [9.17, 15) is 9.18 Å². The maximum Gasteiger partial charge on any atom is 0.410 e. The summed E-state index contributed by atoms with van der Waals surface area (Å²) in [4.78, 5) is 16.5. The van der Waals surface area contributed by atoms with Crippen LogP contribution in [-0.4, -0.2) is 53.7 Å². The van der Waals surface area contributed by atoms with E-state index in [2.05, 4.69) is 27.5 Å². The Labute approximate surface area is 214 Å². The van der Waals surface area contributed by atoms with Crippen LogP contribution in [0.2, 0.25) is 5.02 Å². The van der Waals surface area contributed by atoms with E-state index in [1.54, 1.807) is 17.9 Å². The van der Waals surface area contributed by atoms with Crippen LogP contribution in [0.5, 0.6) is 5.75 Å². The van der Waals surface area contributed by atoms with Crippen molar-refractivity contribution in [1.82, 2.24) is 9.80 Å². The zero-order chi connectivity index (χ0) is 24.3. The van der Waals surface area contributed by atoms with Crippen LogP contribution >= 0.6 is 34.2 Å². The quantitative estimate of drug-likeness (QED) is 0.377. The van der Waals surface area contributed by atoms with Gasteiger partial charge in [0, 0.05) is 35.8 Å². The summed E-state index contributed by atoms with van der Waals surface area (Å²) in [5.41, 5.74) is 0.800. The highest BCUT2D eigenvalue weighted by Crippen LogP contribution is 2.32. The zero-order valence-electron chi connectivity index (χ0n) is 19.7. The van der Waals surface area contributed by atoms with Gasteiger partial charge in [0.15, 0.2) is 0 Å². The molecule has 33 heavy (non-hydrogen) atoms. The molecule has 180 valence electrons. The molecule has 3 rings (SSSR count). The summed E-state index contributed by atoms with van der Waals surface area (Å²) in [6.45, 7) is 11.8. The number of hydrogen-bond donors (Lipinski definition) is 0.